The zero-order chi connectivity index (χ0) is 13.1. The first-order valence-electron chi connectivity index (χ1n) is 7.36. The number of nitrogens with one attached hydrogen (secondary N) is 1. The Morgan fingerprint density at radius 1 is 1.26 bits per heavy atom. The molecule has 1 aliphatic heterocycles. The Labute approximate surface area is 119 Å². The Morgan fingerprint density at radius 3 is 2.74 bits per heavy atom. The van der Waals surface area contributed by atoms with Crippen LogP contribution < -0.4 is 5.32 Å². The highest BCUT2D eigenvalue weighted by atomic mass is 32.2. The number of thioether (sulfide) groups is 1. The monoisotopic (exact) mass is 279 g/mol. The maximum atomic E-state index is 14.2. The molecule has 1 aromatic rings. The molecule has 1 atom stereocenters. The Balaban J connectivity index is 1.77. The molecule has 2 fully saturated rings. The lowest BCUT2D eigenvalue weighted by atomic mass is 9.78. The van der Waals surface area contributed by atoms with Gasteiger partial charge in [0.05, 0.1) is 0 Å². The summed E-state index contributed by atoms with van der Waals surface area (Å²) in [7, 11) is 0. The molecule has 104 valence electrons. The Bertz CT molecular complexity index is 423. The summed E-state index contributed by atoms with van der Waals surface area (Å²) in [5.41, 5.74) is 0.976. The van der Waals surface area contributed by atoms with E-state index in [1.807, 2.05) is 23.9 Å². The lowest BCUT2D eigenvalue weighted by Gasteiger charge is -2.31. The van der Waals surface area contributed by atoms with Crippen LogP contribution in [0.2, 0.25) is 0 Å². The zero-order valence-corrected chi connectivity index (χ0v) is 12.1. The van der Waals surface area contributed by atoms with Crippen molar-refractivity contribution in [2.45, 2.75) is 43.6 Å². The fraction of sp³-hybridized carbons (Fsp3) is 0.625. The van der Waals surface area contributed by atoms with Crippen LogP contribution in [0.15, 0.2) is 24.3 Å². The molecular weight excluding hydrogens is 257 g/mol. The van der Waals surface area contributed by atoms with Crippen LogP contribution in [0, 0.1) is 5.82 Å². The first kappa shape index (κ1) is 13.4. The van der Waals surface area contributed by atoms with E-state index in [0.29, 0.717) is 6.04 Å². The molecule has 1 aromatic carbocycles. The number of benzene rings is 1. The molecule has 0 amide bonds. The first-order valence-corrected chi connectivity index (χ1v) is 8.52. The molecule has 1 nitrogen and oxygen atoms in total. The number of hydrogen-bond acceptors (Lipinski definition) is 2. The van der Waals surface area contributed by atoms with E-state index >= 15 is 0 Å². The van der Waals surface area contributed by atoms with Gasteiger partial charge in [-0.15, -0.1) is 0 Å². The number of hydrogen-bond donors (Lipinski definition) is 1. The standard InChI is InChI=1S/C16H22FNS/c17-15-6-2-1-5-14(15)16(8-3-4-9-16)12-18-13-7-10-19-11-13/h1-2,5-6,13,18H,3-4,7-12H2/t13-/m1/s1. The quantitative estimate of drug-likeness (QED) is 0.901. The molecule has 3 rings (SSSR count). The highest BCUT2D eigenvalue weighted by molar-refractivity contribution is 7.99. The summed E-state index contributed by atoms with van der Waals surface area (Å²) in [4.78, 5) is 0. The summed E-state index contributed by atoms with van der Waals surface area (Å²) in [6.45, 7) is 0.944. The third-order valence-electron chi connectivity index (χ3n) is 4.66. The molecule has 3 heteroatoms. The minimum absolute atomic E-state index is 0.0213. The van der Waals surface area contributed by atoms with Crippen molar-refractivity contribution < 1.29 is 4.39 Å². The van der Waals surface area contributed by atoms with Crippen molar-refractivity contribution >= 4 is 11.8 Å². The molecule has 1 heterocycles. The topological polar surface area (TPSA) is 12.0 Å². The summed E-state index contributed by atoms with van der Waals surface area (Å²) < 4.78 is 14.2. The van der Waals surface area contributed by atoms with E-state index in [2.05, 4.69) is 5.32 Å². The summed E-state index contributed by atoms with van der Waals surface area (Å²) in [6.07, 6.45) is 5.98. The second-order valence-corrected chi connectivity index (χ2v) is 7.06. The van der Waals surface area contributed by atoms with Crippen LogP contribution in [-0.2, 0) is 5.41 Å². The largest absolute Gasteiger partial charge is 0.312 e. The highest BCUT2D eigenvalue weighted by Gasteiger charge is 2.37. The minimum Gasteiger partial charge on any atom is -0.312 e. The summed E-state index contributed by atoms with van der Waals surface area (Å²) in [5.74, 6) is 2.46. The predicted molar refractivity (Wildman–Crippen MR) is 80.3 cm³/mol. The summed E-state index contributed by atoms with van der Waals surface area (Å²) in [5, 5.41) is 3.70. The summed E-state index contributed by atoms with van der Waals surface area (Å²) in [6, 6.07) is 8.01. The SMILES string of the molecule is Fc1ccccc1C1(CN[C@@H]2CCSC2)CCCC1. The molecule has 0 bridgehead atoms. The summed E-state index contributed by atoms with van der Waals surface area (Å²) >= 11 is 2.03. The molecule has 0 aromatic heterocycles. The molecule has 0 unspecified atom stereocenters. The van der Waals surface area contributed by atoms with E-state index in [1.165, 1.54) is 30.8 Å². The second-order valence-electron chi connectivity index (χ2n) is 5.91. The van der Waals surface area contributed by atoms with Crippen molar-refractivity contribution in [1.29, 1.82) is 0 Å². The van der Waals surface area contributed by atoms with Crippen LogP contribution in [-0.4, -0.2) is 24.1 Å². The minimum atomic E-state index is -0.0213. The van der Waals surface area contributed by atoms with Gasteiger partial charge in [-0.3, -0.25) is 0 Å². The van der Waals surface area contributed by atoms with Gasteiger partial charge in [-0.1, -0.05) is 31.0 Å². The van der Waals surface area contributed by atoms with Crippen molar-refractivity contribution in [3.05, 3.63) is 35.6 Å². The van der Waals surface area contributed by atoms with Crippen molar-refractivity contribution in [2.24, 2.45) is 0 Å². The van der Waals surface area contributed by atoms with Crippen LogP contribution in [0.1, 0.15) is 37.7 Å². The molecule has 1 saturated heterocycles. The normalized spacial score (nSPS) is 25.8. The fourth-order valence-corrected chi connectivity index (χ4v) is 4.71. The van der Waals surface area contributed by atoms with Gasteiger partial charge in [0.15, 0.2) is 0 Å². The zero-order valence-electron chi connectivity index (χ0n) is 11.3. The van der Waals surface area contributed by atoms with E-state index in [0.717, 1.165) is 24.9 Å². The van der Waals surface area contributed by atoms with Crippen LogP contribution in [0.3, 0.4) is 0 Å². The van der Waals surface area contributed by atoms with E-state index in [1.54, 1.807) is 12.1 Å². The van der Waals surface area contributed by atoms with Gasteiger partial charge in [-0.2, -0.15) is 11.8 Å². The van der Waals surface area contributed by atoms with Gasteiger partial charge in [0, 0.05) is 23.8 Å². The number of halogens is 1. The lowest BCUT2D eigenvalue weighted by Crippen LogP contribution is -2.41. The average Bonchev–Trinajstić information content (AvgIpc) is 3.09. The van der Waals surface area contributed by atoms with Gasteiger partial charge in [-0.25, -0.2) is 4.39 Å². The van der Waals surface area contributed by atoms with Crippen LogP contribution >= 0.6 is 11.8 Å². The maximum Gasteiger partial charge on any atom is 0.127 e. The predicted octanol–water partition coefficient (Wildman–Crippen LogP) is 3.73. The van der Waals surface area contributed by atoms with Gasteiger partial charge in [0.2, 0.25) is 0 Å². The van der Waals surface area contributed by atoms with E-state index in [4.69, 9.17) is 0 Å². The highest BCUT2D eigenvalue weighted by Crippen LogP contribution is 2.41. The Morgan fingerprint density at radius 2 is 2.05 bits per heavy atom. The second kappa shape index (κ2) is 5.84. The van der Waals surface area contributed by atoms with Gasteiger partial charge in [-0.05, 0) is 36.6 Å². The van der Waals surface area contributed by atoms with E-state index in [9.17, 15) is 4.39 Å². The van der Waals surface area contributed by atoms with Crippen LogP contribution in [0.25, 0.3) is 0 Å². The van der Waals surface area contributed by atoms with Crippen molar-refractivity contribution in [2.75, 3.05) is 18.1 Å². The maximum absolute atomic E-state index is 14.2. The Hall–Kier alpha value is -0.540. The van der Waals surface area contributed by atoms with Crippen molar-refractivity contribution in [3.63, 3.8) is 0 Å². The third kappa shape index (κ3) is 2.82. The van der Waals surface area contributed by atoms with Gasteiger partial charge < -0.3 is 5.32 Å². The molecule has 0 spiro atoms. The molecule has 0 radical (unpaired) electrons. The number of rotatable bonds is 4. The first-order chi connectivity index (χ1) is 9.30. The smallest absolute Gasteiger partial charge is 0.127 e. The van der Waals surface area contributed by atoms with Crippen LogP contribution in [0.4, 0.5) is 4.39 Å². The fourth-order valence-electron chi connectivity index (χ4n) is 3.52. The van der Waals surface area contributed by atoms with Crippen molar-refractivity contribution in [1.82, 2.24) is 5.32 Å². The van der Waals surface area contributed by atoms with Gasteiger partial charge in [0.25, 0.3) is 0 Å². The molecule has 1 aliphatic carbocycles. The van der Waals surface area contributed by atoms with Crippen molar-refractivity contribution in [3.8, 4) is 0 Å². The lowest BCUT2D eigenvalue weighted by molar-refractivity contribution is 0.368. The van der Waals surface area contributed by atoms with Gasteiger partial charge >= 0.3 is 0 Å². The van der Waals surface area contributed by atoms with E-state index in [-0.39, 0.29) is 11.2 Å². The molecule has 19 heavy (non-hydrogen) atoms. The Kier molecular flexibility index (Phi) is 4.13. The average molecular weight is 279 g/mol. The third-order valence-corrected chi connectivity index (χ3v) is 5.83. The van der Waals surface area contributed by atoms with Crippen LogP contribution in [0.5, 0.6) is 0 Å². The van der Waals surface area contributed by atoms with Gasteiger partial charge in [0.1, 0.15) is 5.82 Å². The molecule has 1 N–H and O–H groups in total. The van der Waals surface area contributed by atoms with E-state index < -0.39 is 0 Å². The molecule has 2 aliphatic rings. The molecule has 1 saturated carbocycles. The molecular formula is C16H22FNS.